The van der Waals surface area contributed by atoms with Gasteiger partial charge in [-0.2, -0.15) is 0 Å². The molecule has 4 heterocycles. The second-order valence-electron chi connectivity index (χ2n) is 6.16. The molecule has 0 radical (unpaired) electrons. The van der Waals surface area contributed by atoms with Gasteiger partial charge in [-0.3, -0.25) is 9.97 Å². The monoisotopic (exact) mass is 529 g/mol. The van der Waals surface area contributed by atoms with Gasteiger partial charge in [-0.05, 0) is 37.3 Å². The third-order valence-corrected chi connectivity index (χ3v) is 5.76. The predicted molar refractivity (Wildman–Crippen MR) is 138 cm³/mol. The standard InChI is InChI=1S/C21H19N5OS2.3ClH/c1-15-13-29-21(25-15)26-20-19(27-12-16-6-2-4-8-22-16)10-18(11-24-20)28-14-17-7-3-5-9-23-17;;;/h2-11,13H,12,14H2,1H3,(H,24,25,26);3*1H. The summed E-state index contributed by atoms with van der Waals surface area (Å²) in [6, 6.07) is 13.7. The summed E-state index contributed by atoms with van der Waals surface area (Å²) in [6.07, 6.45) is 5.40. The lowest BCUT2D eigenvalue weighted by atomic mass is 10.3. The minimum absolute atomic E-state index is 0. The lowest BCUT2D eigenvalue weighted by molar-refractivity contribution is 0.301. The number of aromatic nitrogens is 4. The van der Waals surface area contributed by atoms with Gasteiger partial charge in [-0.25, -0.2) is 9.97 Å². The van der Waals surface area contributed by atoms with Gasteiger partial charge in [-0.1, -0.05) is 12.1 Å². The van der Waals surface area contributed by atoms with Gasteiger partial charge in [0.2, 0.25) is 0 Å². The van der Waals surface area contributed by atoms with Gasteiger partial charge >= 0.3 is 0 Å². The van der Waals surface area contributed by atoms with Gasteiger partial charge in [-0.15, -0.1) is 60.3 Å². The van der Waals surface area contributed by atoms with Crippen molar-refractivity contribution in [3.63, 3.8) is 0 Å². The molecule has 170 valence electrons. The smallest absolute Gasteiger partial charge is 0.188 e. The zero-order valence-electron chi connectivity index (χ0n) is 17.0. The third-order valence-electron chi connectivity index (χ3n) is 3.89. The maximum Gasteiger partial charge on any atom is 0.188 e. The van der Waals surface area contributed by atoms with E-state index in [1.54, 1.807) is 24.2 Å². The maximum absolute atomic E-state index is 6.06. The summed E-state index contributed by atoms with van der Waals surface area (Å²) in [7, 11) is 0. The van der Waals surface area contributed by atoms with E-state index in [1.165, 1.54) is 11.3 Å². The fourth-order valence-corrected chi connectivity index (χ4v) is 3.99. The number of anilines is 2. The minimum Gasteiger partial charge on any atom is -0.483 e. The molecule has 0 saturated carbocycles. The normalized spacial score (nSPS) is 9.66. The molecular formula is C21H22Cl3N5OS2. The summed E-state index contributed by atoms with van der Waals surface area (Å²) < 4.78 is 6.06. The molecule has 32 heavy (non-hydrogen) atoms. The van der Waals surface area contributed by atoms with Crippen LogP contribution < -0.4 is 10.1 Å². The Morgan fingerprint density at radius 3 is 2.31 bits per heavy atom. The van der Waals surface area contributed by atoms with E-state index in [-0.39, 0.29) is 37.2 Å². The number of ether oxygens (including phenoxy) is 1. The molecule has 0 unspecified atom stereocenters. The molecule has 0 aliphatic carbocycles. The first-order valence-electron chi connectivity index (χ1n) is 9.01. The lowest BCUT2D eigenvalue weighted by Gasteiger charge is -2.12. The van der Waals surface area contributed by atoms with Crippen LogP contribution in [0.15, 0.2) is 71.3 Å². The number of thioether (sulfide) groups is 1. The van der Waals surface area contributed by atoms with Gasteiger partial charge in [0, 0.05) is 34.6 Å². The van der Waals surface area contributed by atoms with Crippen molar-refractivity contribution in [3.05, 3.63) is 83.5 Å². The summed E-state index contributed by atoms with van der Waals surface area (Å²) in [5.41, 5.74) is 2.85. The number of nitrogens with zero attached hydrogens (tertiary/aromatic N) is 4. The van der Waals surface area contributed by atoms with Crippen molar-refractivity contribution < 1.29 is 4.74 Å². The van der Waals surface area contributed by atoms with Crippen molar-refractivity contribution in [2.45, 2.75) is 24.2 Å². The van der Waals surface area contributed by atoms with Crippen LogP contribution in [0.2, 0.25) is 0 Å². The van der Waals surface area contributed by atoms with Crippen LogP contribution in [0.3, 0.4) is 0 Å². The first-order valence-corrected chi connectivity index (χ1v) is 10.9. The lowest BCUT2D eigenvalue weighted by Crippen LogP contribution is -2.02. The highest BCUT2D eigenvalue weighted by atomic mass is 35.5. The van der Waals surface area contributed by atoms with E-state index in [9.17, 15) is 0 Å². The second kappa shape index (κ2) is 14.1. The van der Waals surface area contributed by atoms with E-state index in [4.69, 9.17) is 4.74 Å². The van der Waals surface area contributed by atoms with E-state index in [0.717, 1.165) is 32.9 Å². The first kappa shape index (κ1) is 27.9. The molecule has 0 saturated heterocycles. The van der Waals surface area contributed by atoms with Crippen LogP contribution in [0.25, 0.3) is 0 Å². The van der Waals surface area contributed by atoms with Gasteiger partial charge < -0.3 is 10.1 Å². The summed E-state index contributed by atoms with van der Waals surface area (Å²) in [4.78, 5) is 18.7. The molecule has 4 aromatic heterocycles. The number of nitrogens with one attached hydrogen (secondary N) is 1. The molecule has 6 nitrogen and oxygen atoms in total. The first-order chi connectivity index (χ1) is 14.3. The highest BCUT2D eigenvalue weighted by Crippen LogP contribution is 2.32. The van der Waals surface area contributed by atoms with Crippen LogP contribution in [0.4, 0.5) is 10.9 Å². The number of pyridine rings is 3. The number of aryl methyl sites for hydroxylation is 1. The van der Waals surface area contributed by atoms with E-state index < -0.39 is 0 Å². The number of rotatable bonds is 8. The molecule has 0 aliphatic heterocycles. The van der Waals surface area contributed by atoms with Gasteiger partial charge in [0.25, 0.3) is 0 Å². The van der Waals surface area contributed by atoms with Gasteiger partial charge in [0.15, 0.2) is 16.7 Å². The average molecular weight is 531 g/mol. The van der Waals surface area contributed by atoms with E-state index in [2.05, 4.69) is 25.3 Å². The van der Waals surface area contributed by atoms with Crippen LogP contribution in [-0.2, 0) is 12.4 Å². The van der Waals surface area contributed by atoms with Crippen molar-refractivity contribution in [2.24, 2.45) is 0 Å². The van der Waals surface area contributed by atoms with Crippen molar-refractivity contribution >= 4 is 71.3 Å². The Bertz CT molecular complexity index is 1070. The molecular weight excluding hydrogens is 509 g/mol. The molecule has 0 fully saturated rings. The molecule has 1 N–H and O–H groups in total. The van der Waals surface area contributed by atoms with E-state index in [0.29, 0.717) is 18.2 Å². The Morgan fingerprint density at radius 1 is 0.969 bits per heavy atom. The van der Waals surface area contributed by atoms with E-state index >= 15 is 0 Å². The van der Waals surface area contributed by atoms with E-state index in [1.807, 2.05) is 61.0 Å². The molecule has 0 aliphatic rings. The largest absolute Gasteiger partial charge is 0.483 e. The summed E-state index contributed by atoms with van der Waals surface area (Å²) in [6.45, 7) is 2.33. The number of hydrogen-bond donors (Lipinski definition) is 1. The Morgan fingerprint density at radius 2 is 1.69 bits per heavy atom. The summed E-state index contributed by atoms with van der Waals surface area (Å²) >= 11 is 3.20. The van der Waals surface area contributed by atoms with Gasteiger partial charge in [0.05, 0.1) is 17.1 Å². The van der Waals surface area contributed by atoms with Crippen molar-refractivity contribution in [3.8, 4) is 5.75 Å². The summed E-state index contributed by atoms with van der Waals surface area (Å²) in [5.74, 6) is 2.06. The average Bonchev–Trinajstić information content (AvgIpc) is 3.18. The Labute approximate surface area is 213 Å². The Kier molecular flexibility index (Phi) is 12.3. The maximum atomic E-state index is 6.06. The molecule has 4 rings (SSSR count). The fraction of sp³-hybridized carbons (Fsp3) is 0.143. The fourth-order valence-electron chi connectivity index (χ4n) is 2.50. The second-order valence-corrected chi connectivity index (χ2v) is 8.06. The number of halogens is 3. The van der Waals surface area contributed by atoms with Crippen LogP contribution in [0.1, 0.15) is 17.1 Å². The highest BCUT2D eigenvalue weighted by Gasteiger charge is 2.11. The Balaban J connectivity index is 0.00000171. The summed E-state index contributed by atoms with van der Waals surface area (Å²) in [5, 5.41) is 6.04. The Hall–Kier alpha value is -2.10. The zero-order chi connectivity index (χ0) is 19.9. The molecule has 0 aromatic carbocycles. The van der Waals surface area contributed by atoms with Gasteiger partial charge in [0.1, 0.15) is 6.61 Å². The van der Waals surface area contributed by atoms with Crippen molar-refractivity contribution in [2.75, 3.05) is 5.32 Å². The van der Waals surface area contributed by atoms with Crippen LogP contribution in [0.5, 0.6) is 5.75 Å². The molecule has 0 amide bonds. The molecule has 4 aromatic rings. The number of thiazole rings is 1. The predicted octanol–water partition coefficient (Wildman–Crippen LogP) is 6.52. The van der Waals surface area contributed by atoms with Crippen LogP contribution in [0, 0.1) is 6.92 Å². The minimum atomic E-state index is 0. The zero-order valence-corrected chi connectivity index (χ0v) is 21.1. The topological polar surface area (TPSA) is 72.8 Å². The SMILES string of the molecule is Cc1csc(Nc2ncc(SCc3ccccn3)cc2OCc2ccccn2)n1.Cl.Cl.Cl. The third kappa shape index (κ3) is 8.11. The highest BCUT2D eigenvalue weighted by molar-refractivity contribution is 7.98. The van der Waals surface area contributed by atoms with Crippen LogP contribution in [-0.4, -0.2) is 19.9 Å². The molecule has 11 heteroatoms. The van der Waals surface area contributed by atoms with Crippen LogP contribution >= 0.6 is 60.3 Å². The molecule has 0 bridgehead atoms. The van der Waals surface area contributed by atoms with Crippen molar-refractivity contribution in [1.29, 1.82) is 0 Å². The quantitative estimate of drug-likeness (QED) is 0.260. The molecule has 0 spiro atoms. The number of hydrogen-bond acceptors (Lipinski definition) is 8. The van der Waals surface area contributed by atoms with Crippen molar-refractivity contribution in [1.82, 2.24) is 19.9 Å². The molecule has 0 atom stereocenters.